The first kappa shape index (κ1) is 23.7. The molecular weight excluding hydrogens is 416 g/mol. The molecule has 6 nitrogen and oxygen atoms in total. The Balaban J connectivity index is 1.62. The first-order chi connectivity index (χ1) is 16.1. The van der Waals surface area contributed by atoms with Crippen LogP contribution >= 0.6 is 0 Å². The first-order valence-corrected chi connectivity index (χ1v) is 10.9. The third-order valence-electron chi connectivity index (χ3n) is 5.18. The molecular formula is C27H28N2O4. The first-order valence-electron chi connectivity index (χ1n) is 10.9. The lowest BCUT2D eigenvalue weighted by molar-refractivity contribution is -0.125. The van der Waals surface area contributed by atoms with Crippen molar-refractivity contribution >= 4 is 18.3 Å². The Kier molecular flexibility index (Phi) is 9.21. The van der Waals surface area contributed by atoms with E-state index in [1.54, 1.807) is 0 Å². The molecule has 170 valence electrons. The summed E-state index contributed by atoms with van der Waals surface area (Å²) in [5.41, 5.74) is 2.83. The molecule has 2 atom stereocenters. The minimum absolute atomic E-state index is 0.102. The molecule has 3 aromatic rings. The van der Waals surface area contributed by atoms with E-state index in [1.165, 1.54) is 0 Å². The number of aldehydes is 1. The normalized spacial score (nSPS) is 12.2. The molecule has 0 heterocycles. The molecule has 6 heteroatoms. The third kappa shape index (κ3) is 8.26. The monoisotopic (exact) mass is 444 g/mol. The fourth-order valence-electron chi connectivity index (χ4n) is 3.42. The number of amides is 2. The summed E-state index contributed by atoms with van der Waals surface area (Å²) in [7, 11) is 0. The van der Waals surface area contributed by atoms with Gasteiger partial charge in [0.2, 0.25) is 5.91 Å². The zero-order valence-corrected chi connectivity index (χ0v) is 18.4. The quantitative estimate of drug-likeness (QED) is 0.440. The lowest BCUT2D eigenvalue weighted by Crippen LogP contribution is -2.50. The number of aryl methyl sites for hydroxylation is 1. The van der Waals surface area contributed by atoms with E-state index in [4.69, 9.17) is 4.74 Å². The number of carbonyl (C=O) groups excluding carboxylic acids is 3. The van der Waals surface area contributed by atoms with Crippen LogP contribution in [0.25, 0.3) is 0 Å². The van der Waals surface area contributed by atoms with Gasteiger partial charge in [-0.1, -0.05) is 91.0 Å². The second kappa shape index (κ2) is 12.8. The average molecular weight is 445 g/mol. The van der Waals surface area contributed by atoms with Crippen LogP contribution in [0, 0.1) is 0 Å². The molecule has 0 aromatic heterocycles. The molecule has 0 aliphatic carbocycles. The van der Waals surface area contributed by atoms with Crippen LogP contribution in [0.5, 0.6) is 0 Å². The van der Waals surface area contributed by atoms with Crippen LogP contribution in [0.3, 0.4) is 0 Å². The number of hydrogen-bond donors (Lipinski definition) is 2. The Bertz CT molecular complexity index is 1010. The maximum absolute atomic E-state index is 13.0. The molecule has 0 bridgehead atoms. The molecule has 0 fully saturated rings. The highest BCUT2D eigenvalue weighted by Gasteiger charge is 2.24. The molecule has 3 aromatic carbocycles. The van der Waals surface area contributed by atoms with Crippen molar-refractivity contribution in [1.29, 1.82) is 0 Å². The molecule has 0 saturated carbocycles. The Morgan fingerprint density at radius 2 is 1.30 bits per heavy atom. The second-order valence-electron chi connectivity index (χ2n) is 7.72. The molecule has 2 N–H and O–H groups in total. The zero-order valence-electron chi connectivity index (χ0n) is 18.4. The molecule has 3 rings (SSSR count). The minimum Gasteiger partial charge on any atom is -0.445 e. The summed E-state index contributed by atoms with van der Waals surface area (Å²) in [5.74, 6) is -0.421. The van der Waals surface area contributed by atoms with Crippen LogP contribution in [-0.4, -0.2) is 30.4 Å². The third-order valence-corrected chi connectivity index (χ3v) is 5.18. The van der Waals surface area contributed by atoms with Gasteiger partial charge in [-0.25, -0.2) is 4.79 Å². The summed E-state index contributed by atoms with van der Waals surface area (Å²) < 4.78 is 5.29. The van der Waals surface area contributed by atoms with Gasteiger partial charge < -0.3 is 20.2 Å². The summed E-state index contributed by atoms with van der Waals surface area (Å²) in [6.07, 6.45) is 1.36. The van der Waals surface area contributed by atoms with E-state index in [-0.39, 0.29) is 6.61 Å². The van der Waals surface area contributed by atoms with Gasteiger partial charge in [-0.2, -0.15) is 0 Å². The van der Waals surface area contributed by atoms with Gasteiger partial charge in [-0.3, -0.25) is 4.79 Å². The summed E-state index contributed by atoms with van der Waals surface area (Å²) in [6, 6.07) is 26.9. The van der Waals surface area contributed by atoms with Crippen molar-refractivity contribution in [1.82, 2.24) is 10.6 Å². The van der Waals surface area contributed by atoms with Crippen LogP contribution in [0.15, 0.2) is 91.0 Å². The number of ether oxygens (including phenoxy) is 1. The van der Waals surface area contributed by atoms with E-state index in [2.05, 4.69) is 10.6 Å². The van der Waals surface area contributed by atoms with E-state index < -0.39 is 24.1 Å². The maximum atomic E-state index is 13.0. The largest absolute Gasteiger partial charge is 0.445 e. The van der Waals surface area contributed by atoms with E-state index in [9.17, 15) is 14.4 Å². The molecule has 0 aliphatic rings. The number of hydrogen-bond acceptors (Lipinski definition) is 4. The van der Waals surface area contributed by atoms with Gasteiger partial charge in [-0.05, 0) is 36.0 Å². The van der Waals surface area contributed by atoms with E-state index in [1.807, 2.05) is 91.0 Å². The Labute approximate surface area is 194 Å². The standard InChI is InChI=1S/C27H28N2O4/c30-19-24(18-22-12-6-2-7-13-22)28-26(31)25(17-16-21-10-4-1-5-11-21)29-27(32)33-20-23-14-8-3-9-15-23/h1-15,19,24-25H,16-18,20H2,(H,28,31)(H,29,32)/t24-,25-/m0/s1. The number of nitrogens with one attached hydrogen (secondary N) is 2. The van der Waals surface area contributed by atoms with Gasteiger partial charge in [0, 0.05) is 0 Å². The summed E-state index contributed by atoms with van der Waals surface area (Å²) >= 11 is 0. The predicted molar refractivity (Wildman–Crippen MR) is 126 cm³/mol. The Morgan fingerprint density at radius 3 is 1.88 bits per heavy atom. The lowest BCUT2D eigenvalue weighted by atomic mass is 10.0. The molecule has 0 saturated heterocycles. The van der Waals surface area contributed by atoms with Crippen molar-refractivity contribution in [3.63, 3.8) is 0 Å². The minimum atomic E-state index is -0.841. The summed E-state index contributed by atoms with van der Waals surface area (Å²) in [4.78, 5) is 37.0. The average Bonchev–Trinajstić information content (AvgIpc) is 2.86. The summed E-state index contributed by atoms with van der Waals surface area (Å²) in [5, 5.41) is 5.41. The van der Waals surface area contributed by atoms with Gasteiger partial charge in [-0.15, -0.1) is 0 Å². The zero-order chi connectivity index (χ0) is 23.3. The number of carbonyl (C=O) groups is 3. The Hall–Kier alpha value is -3.93. The van der Waals surface area contributed by atoms with Gasteiger partial charge in [0.15, 0.2) is 0 Å². The van der Waals surface area contributed by atoms with Crippen LogP contribution in [0.1, 0.15) is 23.1 Å². The fraction of sp³-hybridized carbons (Fsp3) is 0.222. The van der Waals surface area contributed by atoms with Crippen LogP contribution in [-0.2, 0) is 33.8 Å². The number of alkyl carbamates (subject to hydrolysis) is 1. The molecule has 33 heavy (non-hydrogen) atoms. The van der Waals surface area contributed by atoms with Crippen molar-refractivity contribution in [2.24, 2.45) is 0 Å². The van der Waals surface area contributed by atoms with E-state index >= 15 is 0 Å². The smallest absolute Gasteiger partial charge is 0.408 e. The highest BCUT2D eigenvalue weighted by Crippen LogP contribution is 2.08. The molecule has 0 radical (unpaired) electrons. The topological polar surface area (TPSA) is 84.5 Å². The van der Waals surface area contributed by atoms with Gasteiger partial charge in [0.05, 0.1) is 6.04 Å². The van der Waals surface area contributed by atoms with Crippen LogP contribution < -0.4 is 10.6 Å². The Morgan fingerprint density at radius 1 is 0.758 bits per heavy atom. The highest BCUT2D eigenvalue weighted by molar-refractivity contribution is 5.87. The van der Waals surface area contributed by atoms with Crippen molar-refractivity contribution in [3.05, 3.63) is 108 Å². The lowest BCUT2D eigenvalue weighted by Gasteiger charge is -2.21. The fourth-order valence-corrected chi connectivity index (χ4v) is 3.42. The van der Waals surface area contributed by atoms with Crippen LogP contribution in [0.2, 0.25) is 0 Å². The predicted octanol–water partition coefficient (Wildman–Crippen LogP) is 3.84. The highest BCUT2D eigenvalue weighted by atomic mass is 16.5. The van der Waals surface area contributed by atoms with Gasteiger partial charge >= 0.3 is 6.09 Å². The van der Waals surface area contributed by atoms with Gasteiger partial charge in [0.1, 0.15) is 18.9 Å². The maximum Gasteiger partial charge on any atom is 0.408 e. The van der Waals surface area contributed by atoms with Crippen LogP contribution in [0.4, 0.5) is 4.79 Å². The van der Waals surface area contributed by atoms with Crippen molar-refractivity contribution in [3.8, 4) is 0 Å². The van der Waals surface area contributed by atoms with Crippen molar-refractivity contribution < 1.29 is 19.1 Å². The molecule has 2 amide bonds. The number of benzene rings is 3. The van der Waals surface area contributed by atoms with Crippen molar-refractivity contribution in [2.45, 2.75) is 38.0 Å². The van der Waals surface area contributed by atoms with E-state index in [0.717, 1.165) is 16.7 Å². The van der Waals surface area contributed by atoms with Gasteiger partial charge in [0.25, 0.3) is 0 Å². The molecule has 0 unspecified atom stereocenters. The molecule has 0 aliphatic heterocycles. The second-order valence-corrected chi connectivity index (χ2v) is 7.72. The molecule has 0 spiro atoms. The van der Waals surface area contributed by atoms with E-state index in [0.29, 0.717) is 25.5 Å². The SMILES string of the molecule is O=C[C@H](Cc1ccccc1)NC(=O)[C@H](CCc1ccccc1)NC(=O)OCc1ccccc1. The number of rotatable bonds is 11. The summed E-state index contributed by atoms with van der Waals surface area (Å²) in [6.45, 7) is 0.102. The van der Waals surface area contributed by atoms with Crippen molar-refractivity contribution in [2.75, 3.05) is 0 Å².